The van der Waals surface area contributed by atoms with E-state index in [1.165, 1.54) is 0 Å². The standard InChI is InChI=1S/C16H26O/c1-5-6-7-8-9-10-11-12-13-14-15(17)16(2,3)4/h6-7,9-10,12-13H,5,8,11,14H2,1-4H3/b7-6-,10-9-,13-12-. The van der Waals surface area contributed by atoms with Crippen molar-refractivity contribution in [1.29, 1.82) is 0 Å². The van der Waals surface area contributed by atoms with Crippen LogP contribution in [0.25, 0.3) is 0 Å². The fourth-order valence-corrected chi connectivity index (χ4v) is 1.21. The number of hydrogen-bond acceptors (Lipinski definition) is 1. The summed E-state index contributed by atoms with van der Waals surface area (Å²) in [6, 6.07) is 0. The van der Waals surface area contributed by atoms with Crippen molar-refractivity contribution in [2.75, 3.05) is 0 Å². The van der Waals surface area contributed by atoms with Crippen LogP contribution in [0.15, 0.2) is 36.5 Å². The van der Waals surface area contributed by atoms with E-state index in [0.29, 0.717) is 12.2 Å². The topological polar surface area (TPSA) is 17.1 Å². The van der Waals surface area contributed by atoms with Gasteiger partial charge >= 0.3 is 0 Å². The molecule has 0 N–H and O–H groups in total. The average Bonchev–Trinajstić information content (AvgIpc) is 2.25. The molecule has 0 aliphatic rings. The van der Waals surface area contributed by atoms with Gasteiger partial charge in [-0.2, -0.15) is 0 Å². The predicted molar refractivity (Wildman–Crippen MR) is 76.0 cm³/mol. The monoisotopic (exact) mass is 234 g/mol. The highest BCUT2D eigenvalue weighted by atomic mass is 16.1. The Hall–Kier alpha value is -1.11. The van der Waals surface area contributed by atoms with Crippen LogP contribution in [0.2, 0.25) is 0 Å². The minimum Gasteiger partial charge on any atom is -0.299 e. The van der Waals surface area contributed by atoms with Crippen molar-refractivity contribution in [1.82, 2.24) is 0 Å². The lowest BCUT2D eigenvalue weighted by atomic mass is 9.89. The largest absolute Gasteiger partial charge is 0.299 e. The second-order valence-corrected chi connectivity index (χ2v) is 5.17. The molecule has 0 aromatic heterocycles. The Kier molecular flexibility index (Phi) is 8.39. The van der Waals surface area contributed by atoms with E-state index in [4.69, 9.17) is 0 Å². The molecule has 0 heterocycles. The molecule has 0 rings (SSSR count). The quantitative estimate of drug-likeness (QED) is 0.575. The first-order valence-electron chi connectivity index (χ1n) is 6.46. The lowest BCUT2D eigenvalue weighted by Crippen LogP contribution is -2.18. The maximum atomic E-state index is 11.6. The van der Waals surface area contributed by atoms with E-state index >= 15 is 0 Å². The zero-order valence-electron chi connectivity index (χ0n) is 11.7. The van der Waals surface area contributed by atoms with E-state index in [-0.39, 0.29) is 5.41 Å². The summed E-state index contributed by atoms with van der Waals surface area (Å²) in [4.78, 5) is 11.6. The highest BCUT2D eigenvalue weighted by Gasteiger charge is 2.18. The van der Waals surface area contributed by atoms with Crippen molar-refractivity contribution in [3.05, 3.63) is 36.5 Å². The first-order valence-corrected chi connectivity index (χ1v) is 6.46. The van der Waals surface area contributed by atoms with E-state index in [0.717, 1.165) is 19.3 Å². The van der Waals surface area contributed by atoms with Gasteiger partial charge in [-0.05, 0) is 19.3 Å². The van der Waals surface area contributed by atoms with Gasteiger partial charge in [-0.1, -0.05) is 64.2 Å². The molecule has 17 heavy (non-hydrogen) atoms. The molecule has 0 spiro atoms. The van der Waals surface area contributed by atoms with E-state index < -0.39 is 0 Å². The van der Waals surface area contributed by atoms with Crippen molar-refractivity contribution in [2.24, 2.45) is 5.41 Å². The van der Waals surface area contributed by atoms with Gasteiger partial charge in [-0.15, -0.1) is 0 Å². The third-order valence-electron chi connectivity index (χ3n) is 2.42. The van der Waals surface area contributed by atoms with Crippen LogP contribution in [-0.2, 0) is 4.79 Å². The van der Waals surface area contributed by atoms with E-state index in [1.807, 2.05) is 26.8 Å². The molecule has 0 amide bonds. The van der Waals surface area contributed by atoms with E-state index in [1.54, 1.807) is 0 Å². The zero-order chi connectivity index (χ0) is 13.1. The normalized spacial score (nSPS) is 13.2. The number of hydrogen-bond donors (Lipinski definition) is 0. The summed E-state index contributed by atoms with van der Waals surface area (Å²) in [6.07, 6.45) is 16.2. The van der Waals surface area contributed by atoms with Crippen LogP contribution in [0.5, 0.6) is 0 Å². The van der Waals surface area contributed by atoms with Gasteiger partial charge in [0.25, 0.3) is 0 Å². The summed E-state index contributed by atoms with van der Waals surface area (Å²) in [5, 5.41) is 0. The highest BCUT2D eigenvalue weighted by Crippen LogP contribution is 2.16. The zero-order valence-corrected chi connectivity index (χ0v) is 11.7. The summed E-state index contributed by atoms with van der Waals surface area (Å²) in [5.41, 5.74) is -0.217. The summed E-state index contributed by atoms with van der Waals surface area (Å²) >= 11 is 0. The number of carbonyl (C=O) groups excluding carboxylic acids is 1. The van der Waals surface area contributed by atoms with Gasteiger partial charge in [0.05, 0.1) is 0 Å². The maximum Gasteiger partial charge on any atom is 0.141 e. The fourth-order valence-electron chi connectivity index (χ4n) is 1.21. The van der Waals surface area contributed by atoms with Crippen LogP contribution < -0.4 is 0 Å². The molecule has 96 valence electrons. The van der Waals surface area contributed by atoms with Crippen molar-refractivity contribution < 1.29 is 4.79 Å². The summed E-state index contributed by atoms with van der Waals surface area (Å²) in [7, 11) is 0. The van der Waals surface area contributed by atoms with E-state index in [2.05, 4.69) is 37.3 Å². The third kappa shape index (κ3) is 9.80. The molecule has 0 saturated heterocycles. The van der Waals surface area contributed by atoms with Crippen LogP contribution in [-0.4, -0.2) is 5.78 Å². The number of carbonyl (C=O) groups is 1. The molecular formula is C16H26O. The van der Waals surface area contributed by atoms with Gasteiger partial charge in [0.2, 0.25) is 0 Å². The SMILES string of the molecule is CC/C=C\C/C=C\C/C=C\CC(=O)C(C)(C)C. The van der Waals surface area contributed by atoms with Gasteiger partial charge in [-0.25, -0.2) is 0 Å². The summed E-state index contributed by atoms with van der Waals surface area (Å²) in [6.45, 7) is 8.02. The number of allylic oxidation sites excluding steroid dienone is 6. The Balaban J connectivity index is 3.69. The summed E-state index contributed by atoms with van der Waals surface area (Å²) in [5.74, 6) is 0.295. The highest BCUT2D eigenvalue weighted by molar-refractivity contribution is 5.84. The smallest absolute Gasteiger partial charge is 0.141 e. The molecule has 0 aliphatic carbocycles. The average molecular weight is 234 g/mol. The molecule has 0 atom stereocenters. The molecule has 0 saturated carbocycles. The molecule has 0 aliphatic heterocycles. The first kappa shape index (κ1) is 15.9. The van der Waals surface area contributed by atoms with Crippen LogP contribution in [0.1, 0.15) is 53.4 Å². The molecule has 0 bridgehead atoms. The number of ketones is 1. The van der Waals surface area contributed by atoms with E-state index in [9.17, 15) is 4.79 Å². The molecule has 0 radical (unpaired) electrons. The molecular weight excluding hydrogens is 208 g/mol. The minimum absolute atomic E-state index is 0.217. The molecule has 0 aromatic carbocycles. The minimum atomic E-state index is -0.217. The Morgan fingerprint density at radius 3 is 1.82 bits per heavy atom. The van der Waals surface area contributed by atoms with Crippen LogP contribution >= 0.6 is 0 Å². The van der Waals surface area contributed by atoms with Crippen LogP contribution in [0.3, 0.4) is 0 Å². The lowest BCUT2D eigenvalue weighted by Gasteiger charge is -2.14. The second-order valence-electron chi connectivity index (χ2n) is 5.17. The lowest BCUT2D eigenvalue weighted by molar-refractivity contribution is -0.125. The fraction of sp³-hybridized carbons (Fsp3) is 0.562. The Morgan fingerprint density at radius 1 is 0.882 bits per heavy atom. The second kappa shape index (κ2) is 8.98. The molecule has 1 nitrogen and oxygen atoms in total. The summed E-state index contributed by atoms with van der Waals surface area (Å²) < 4.78 is 0. The molecule has 0 fully saturated rings. The van der Waals surface area contributed by atoms with Crippen molar-refractivity contribution in [2.45, 2.75) is 53.4 Å². The van der Waals surface area contributed by atoms with Crippen molar-refractivity contribution in [3.8, 4) is 0 Å². The maximum absolute atomic E-state index is 11.6. The van der Waals surface area contributed by atoms with Crippen molar-refractivity contribution in [3.63, 3.8) is 0 Å². The Morgan fingerprint density at radius 2 is 1.35 bits per heavy atom. The molecule has 1 heteroatoms. The molecule has 0 unspecified atom stereocenters. The van der Waals surface area contributed by atoms with Gasteiger partial charge in [0.15, 0.2) is 0 Å². The first-order chi connectivity index (χ1) is 7.98. The van der Waals surface area contributed by atoms with Crippen LogP contribution in [0.4, 0.5) is 0 Å². The Labute approximate surface area is 106 Å². The number of rotatable bonds is 7. The van der Waals surface area contributed by atoms with Crippen LogP contribution in [0, 0.1) is 5.41 Å². The molecule has 0 aromatic rings. The van der Waals surface area contributed by atoms with Gasteiger partial charge in [-0.3, -0.25) is 4.79 Å². The third-order valence-corrected chi connectivity index (χ3v) is 2.42. The Bertz CT molecular complexity index is 287. The predicted octanol–water partition coefficient (Wildman–Crippen LogP) is 4.85. The van der Waals surface area contributed by atoms with Gasteiger partial charge < -0.3 is 0 Å². The number of Topliss-reactive ketones (excluding diaryl/α,β-unsaturated/α-hetero) is 1. The van der Waals surface area contributed by atoms with Gasteiger partial charge in [0, 0.05) is 11.8 Å². The van der Waals surface area contributed by atoms with Gasteiger partial charge in [0.1, 0.15) is 5.78 Å². The van der Waals surface area contributed by atoms with Crippen molar-refractivity contribution >= 4 is 5.78 Å².